The smallest absolute Gasteiger partial charge is 0.294 e. The largest absolute Gasteiger partial charge is 0.449 e. The van der Waals surface area contributed by atoms with Gasteiger partial charge in [-0.25, -0.2) is 0 Å². The van der Waals surface area contributed by atoms with Gasteiger partial charge in [0.2, 0.25) is 11.0 Å². The number of rotatable bonds is 3. The molecular weight excluding hydrogens is 397 g/mol. The number of hydrogen-bond donors (Lipinski definition) is 1. The monoisotopic (exact) mass is 409 g/mol. The van der Waals surface area contributed by atoms with Gasteiger partial charge in [0, 0.05) is 18.3 Å². The molecule has 0 fully saturated rings. The summed E-state index contributed by atoms with van der Waals surface area (Å²) in [5, 5.41) is 9.25. The van der Waals surface area contributed by atoms with Crippen LogP contribution in [0.15, 0.2) is 56.6 Å². The van der Waals surface area contributed by atoms with Gasteiger partial charge in [-0.2, -0.15) is 0 Å². The summed E-state index contributed by atoms with van der Waals surface area (Å²) in [5.41, 5.74) is 0.106. The first-order chi connectivity index (χ1) is 10.6. The lowest BCUT2D eigenvalue weighted by Gasteiger charge is -2.08. The highest BCUT2D eigenvalue weighted by atomic mass is 127. The average Bonchev–Trinajstić information content (AvgIpc) is 2.54. The van der Waals surface area contributed by atoms with Crippen molar-refractivity contribution < 1.29 is 9.52 Å². The van der Waals surface area contributed by atoms with Crippen LogP contribution < -0.4 is 11.0 Å². The van der Waals surface area contributed by atoms with E-state index in [1.54, 1.807) is 6.07 Å². The Labute approximate surface area is 139 Å². The zero-order valence-corrected chi connectivity index (χ0v) is 13.6. The van der Waals surface area contributed by atoms with Crippen LogP contribution >= 0.6 is 22.6 Å². The molecule has 1 N–H and O–H groups in total. The quantitative estimate of drug-likeness (QED) is 0.674. The first-order valence-corrected chi connectivity index (χ1v) is 7.73. The standard InChI is InChI=1S/C16H12INO4/c17-12-13(20)11-6-7-18(8-9-19)16(21)15(11)22-14(12)10-4-2-1-3-5-10/h1-7,19H,8-9H2. The minimum atomic E-state index is -0.419. The SMILES string of the molecule is O=c1c(I)c(-c2ccccc2)oc2c(=O)n(CCO)ccc12. The number of aliphatic hydroxyl groups is 1. The molecule has 6 heteroatoms. The molecule has 0 unspecified atom stereocenters. The van der Waals surface area contributed by atoms with E-state index in [4.69, 9.17) is 9.52 Å². The predicted octanol–water partition coefficient (Wildman–Crippen LogP) is 2.22. The maximum absolute atomic E-state index is 12.5. The van der Waals surface area contributed by atoms with Gasteiger partial charge < -0.3 is 14.1 Å². The summed E-state index contributed by atoms with van der Waals surface area (Å²) >= 11 is 1.94. The number of fused-ring (bicyclic) bond motifs is 1. The minimum Gasteiger partial charge on any atom is -0.449 e. The van der Waals surface area contributed by atoms with Gasteiger partial charge in [-0.1, -0.05) is 30.3 Å². The lowest BCUT2D eigenvalue weighted by Crippen LogP contribution is -2.23. The zero-order chi connectivity index (χ0) is 15.7. The Morgan fingerprint density at radius 1 is 1.14 bits per heavy atom. The summed E-state index contributed by atoms with van der Waals surface area (Å²) in [6.45, 7) is -0.00328. The molecule has 0 aliphatic rings. The third-order valence-corrected chi connectivity index (χ3v) is 4.32. The number of aliphatic hydroxyl groups excluding tert-OH is 1. The molecule has 0 bridgehead atoms. The summed E-state index contributed by atoms with van der Waals surface area (Å²) < 4.78 is 7.52. The van der Waals surface area contributed by atoms with Crippen molar-refractivity contribution in [3.8, 4) is 11.3 Å². The van der Waals surface area contributed by atoms with E-state index in [0.29, 0.717) is 9.33 Å². The first-order valence-electron chi connectivity index (χ1n) is 6.65. The Kier molecular flexibility index (Phi) is 4.12. The number of aromatic nitrogens is 1. The zero-order valence-electron chi connectivity index (χ0n) is 11.5. The van der Waals surface area contributed by atoms with Crippen molar-refractivity contribution >= 4 is 33.6 Å². The highest BCUT2D eigenvalue weighted by Gasteiger charge is 2.16. The Balaban J connectivity index is 2.37. The number of nitrogens with zero attached hydrogens (tertiary/aromatic N) is 1. The highest BCUT2D eigenvalue weighted by Crippen LogP contribution is 2.25. The highest BCUT2D eigenvalue weighted by molar-refractivity contribution is 14.1. The van der Waals surface area contributed by atoms with E-state index in [0.717, 1.165) is 5.56 Å². The molecule has 2 heterocycles. The molecular formula is C16H12INO4. The average molecular weight is 409 g/mol. The molecule has 112 valence electrons. The van der Waals surface area contributed by atoms with Crippen molar-refractivity contribution in [1.29, 1.82) is 0 Å². The van der Waals surface area contributed by atoms with Gasteiger partial charge in [-0.15, -0.1) is 0 Å². The van der Waals surface area contributed by atoms with E-state index < -0.39 is 5.56 Å². The molecule has 0 saturated heterocycles. The van der Waals surface area contributed by atoms with Gasteiger partial charge in [0.15, 0.2) is 5.76 Å². The van der Waals surface area contributed by atoms with Crippen molar-refractivity contribution in [2.75, 3.05) is 6.61 Å². The fourth-order valence-electron chi connectivity index (χ4n) is 2.26. The number of benzene rings is 1. The van der Waals surface area contributed by atoms with Gasteiger partial charge in [0.05, 0.1) is 12.0 Å². The molecule has 0 aliphatic heterocycles. The lowest BCUT2D eigenvalue weighted by molar-refractivity contribution is 0.274. The van der Waals surface area contributed by atoms with E-state index in [1.165, 1.54) is 10.8 Å². The molecule has 3 aromatic rings. The minimum absolute atomic E-state index is 0.0141. The van der Waals surface area contributed by atoms with E-state index in [-0.39, 0.29) is 29.5 Å². The molecule has 0 radical (unpaired) electrons. The van der Waals surface area contributed by atoms with Crippen LogP contribution in [0.4, 0.5) is 0 Å². The molecule has 0 aliphatic carbocycles. The van der Waals surface area contributed by atoms with Crippen LogP contribution in [0.1, 0.15) is 0 Å². The summed E-state index contributed by atoms with van der Waals surface area (Å²) in [6.07, 6.45) is 1.50. The second kappa shape index (κ2) is 6.05. The van der Waals surface area contributed by atoms with Gasteiger partial charge in [-0.3, -0.25) is 9.59 Å². The van der Waals surface area contributed by atoms with Crippen LogP contribution in [0.2, 0.25) is 0 Å². The molecule has 0 saturated carbocycles. The van der Waals surface area contributed by atoms with E-state index in [1.807, 2.05) is 52.9 Å². The normalized spacial score (nSPS) is 11.0. The third kappa shape index (κ3) is 2.48. The Bertz CT molecular complexity index is 944. The molecule has 3 rings (SSSR count). The summed E-state index contributed by atoms with van der Waals surface area (Å²) in [7, 11) is 0. The van der Waals surface area contributed by atoms with Crippen LogP contribution in [0, 0.1) is 3.57 Å². The Morgan fingerprint density at radius 2 is 1.86 bits per heavy atom. The van der Waals surface area contributed by atoms with Gasteiger partial charge >= 0.3 is 0 Å². The van der Waals surface area contributed by atoms with Crippen molar-refractivity contribution in [3.63, 3.8) is 0 Å². The number of halogens is 1. The van der Waals surface area contributed by atoms with Crippen LogP contribution in [0.3, 0.4) is 0 Å². The van der Waals surface area contributed by atoms with Crippen molar-refractivity contribution in [2.24, 2.45) is 0 Å². The molecule has 1 aromatic carbocycles. The van der Waals surface area contributed by atoms with Crippen LogP contribution in [0.25, 0.3) is 22.3 Å². The van der Waals surface area contributed by atoms with Gasteiger partial charge in [0.25, 0.3) is 5.56 Å². The van der Waals surface area contributed by atoms with Gasteiger partial charge in [0.1, 0.15) is 3.57 Å². The maximum atomic E-state index is 12.5. The molecule has 5 nitrogen and oxygen atoms in total. The fourth-order valence-corrected chi connectivity index (χ4v) is 2.97. The van der Waals surface area contributed by atoms with Gasteiger partial charge in [-0.05, 0) is 28.7 Å². The molecule has 22 heavy (non-hydrogen) atoms. The maximum Gasteiger partial charge on any atom is 0.294 e. The van der Waals surface area contributed by atoms with E-state index in [2.05, 4.69) is 0 Å². The Morgan fingerprint density at radius 3 is 2.55 bits per heavy atom. The number of pyridine rings is 1. The topological polar surface area (TPSA) is 72.4 Å². The van der Waals surface area contributed by atoms with Crippen LogP contribution in [-0.4, -0.2) is 16.3 Å². The summed E-state index contributed by atoms with van der Waals surface area (Å²) in [4.78, 5) is 24.9. The predicted molar refractivity (Wildman–Crippen MR) is 92.0 cm³/mol. The van der Waals surface area contributed by atoms with Crippen molar-refractivity contribution in [1.82, 2.24) is 4.57 Å². The number of hydrogen-bond acceptors (Lipinski definition) is 4. The summed E-state index contributed by atoms with van der Waals surface area (Å²) in [5.74, 6) is 0.387. The second-order valence-corrected chi connectivity index (χ2v) is 5.80. The molecule has 0 amide bonds. The molecule has 0 spiro atoms. The Hall–Kier alpha value is -1.93. The van der Waals surface area contributed by atoms with E-state index in [9.17, 15) is 9.59 Å². The lowest BCUT2D eigenvalue weighted by atomic mass is 10.1. The molecule has 2 aromatic heterocycles. The second-order valence-electron chi connectivity index (χ2n) is 4.72. The molecule has 0 atom stereocenters. The van der Waals surface area contributed by atoms with Crippen LogP contribution in [0.5, 0.6) is 0 Å². The van der Waals surface area contributed by atoms with Crippen molar-refractivity contribution in [2.45, 2.75) is 6.54 Å². The summed E-state index contributed by atoms with van der Waals surface area (Å²) in [6, 6.07) is 10.7. The van der Waals surface area contributed by atoms with Crippen LogP contribution in [-0.2, 0) is 6.54 Å². The first kappa shape index (κ1) is 15.0. The fraction of sp³-hybridized carbons (Fsp3) is 0.125. The van der Waals surface area contributed by atoms with Crippen molar-refractivity contribution in [3.05, 3.63) is 66.7 Å². The third-order valence-electron chi connectivity index (χ3n) is 3.35. The van der Waals surface area contributed by atoms with E-state index >= 15 is 0 Å².